The van der Waals surface area contributed by atoms with E-state index in [9.17, 15) is 18.8 Å². The Hall–Kier alpha value is -3.22. The van der Waals surface area contributed by atoms with E-state index < -0.39 is 17.6 Å². The normalized spacial score (nSPS) is 10.9. The van der Waals surface area contributed by atoms with E-state index in [0.717, 1.165) is 17.7 Å². The lowest BCUT2D eigenvalue weighted by molar-refractivity contribution is -0.121. The van der Waals surface area contributed by atoms with Gasteiger partial charge in [-0.15, -0.1) is 0 Å². The third-order valence-electron chi connectivity index (χ3n) is 4.07. The number of rotatable bonds is 5. The molecule has 3 N–H and O–H groups in total. The number of benzene rings is 2. The lowest BCUT2D eigenvalue weighted by Crippen LogP contribution is -2.42. The van der Waals surface area contributed by atoms with Crippen LogP contribution in [0.25, 0.3) is 0 Å². The van der Waals surface area contributed by atoms with Crippen molar-refractivity contribution in [3.8, 4) is 0 Å². The van der Waals surface area contributed by atoms with Gasteiger partial charge in [-0.05, 0) is 47.4 Å². The Bertz CT molecular complexity index is 841. The highest BCUT2D eigenvalue weighted by Gasteiger charge is 2.14. The Morgan fingerprint density at radius 3 is 1.93 bits per heavy atom. The van der Waals surface area contributed by atoms with E-state index in [-0.39, 0.29) is 29.9 Å². The summed E-state index contributed by atoms with van der Waals surface area (Å²) in [5.74, 6) is -1.75. The van der Waals surface area contributed by atoms with Crippen molar-refractivity contribution in [1.82, 2.24) is 16.2 Å². The SMILES string of the molecule is CC(C)(C)c1ccc(C(=O)NCCC(=O)NNC(=O)c2ccc(F)cc2)cc1. The van der Waals surface area contributed by atoms with Gasteiger partial charge >= 0.3 is 0 Å². The molecule has 28 heavy (non-hydrogen) atoms. The lowest BCUT2D eigenvalue weighted by Gasteiger charge is -2.19. The van der Waals surface area contributed by atoms with Crippen LogP contribution in [0.15, 0.2) is 48.5 Å². The summed E-state index contributed by atoms with van der Waals surface area (Å²) < 4.78 is 12.8. The summed E-state index contributed by atoms with van der Waals surface area (Å²) in [7, 11) is 0. The van der Waals surface area contributed by atoms with Crippen molar-refractivity contribution < 1.29 is 18.8 Å². The predicted octanol–water partition coefficient (Wildman–Crippen LogP) is 2.70. The van der Waals surface area contributed by atoms with Crippen LogP contribution in [0, 0.1) is 5.82 Å². The number of nitrogens with one attached hydrogen (secondary N) is 3. The van der Waals surface area contributed by atoms with Crippen molar-refractivity contribution in [1.29, 1.82) is 0 Å². The average molecular weight is 385 g/mol. The summed E-state index contributed by atoms with van der Waals surface area (Å²) in [4.78, 5) is 35.7. The molecule has 0 saturated carbocycles. The zero-order valence-electron chi connectivity index (χ0n) is 16.1. The summed E-state index contributed by atoms with van der Waals surface area (Å²) in [6.45, 7) is 6.40. The van der Waals surface area contributed by atoms with Crippen molar-refractivity contribution >= 4 is 17.7 Å². The van der Waals surface area contributed by atoms with E-state index in [1.807, 2.05) is 12.1 Å². The van der Waals surface area contributed by atoms with E-state index in [1.54, 1.807) is 12.1 Å². The average Bonchev–Trinajstić information content (AvgIpc) is 2.66. The Morgan fingerprint density at radius 1 is 0.821 bits per heavy atom. The molecule has 0 aliphatic rings. The van der Waals surface area contributed by atoms with Crippen LogP contribution in [-0.4, -0.2) is 24.3 Å². The standard InChI is InChI=1S/C21H24FN3O3/c1-21(2,3)16-8-4-14(5-9-16)19(27)23-13-12-18(26)24-25-20(28)15-6-10-17(22)11-7-15/h4-11H,12-13H2,1-3H3,(H,23,27)(H,24,26)(H,25,28). The van der Waals surface area contributed by atoms with E-state index in [2.05, 4.69) is 36.9 Å². The molecular weight excluding hydrogens is 361 g/mol. The number of carbonyl (C=O) groups excluding carboxylic acids is 3. The number of halogens is 1. The molecule has 0 radical (unpaired) electrons. The van der Waals surface area contributed by atoms with Crippen LogP contribution in [0.4, 0.5) is 4.39 Å². The van der Waals surface area contributed by atoms with Gasteiger partial charge in [0.05, 0.1) is 0 Å². The molecule has 0 spiro atoms. The second kappa shape index (κ2) is 9.12. The van der Waals surface area contributed by atoms with Gasteiger partial charge in [-0.1, -0.05) is 32.9 Å². The van der Waals surface area contributed by atoms with Gasteiger partial charge < -0.3 is 5.32 Å². The molecule has 0 aromatic heterocycles. The third-order valence-corrected chi connectivity index (χ3v) is 4.07. The minimum Gasteiger partial charge on any atom is -0.352 e. The van der Waals surface area contributed by atoms with Gasteiger partial charge in [-0.3, -0.25) is 25.2 Å². The number of hydrogen-bond acceptors (Lipinski definition) is 3. The molecular formula is C21H24FN3O3. The molecule has 0 saturated heterocycles. The first-order valence-corrected chi connectivity index (χ1v) is 8.90. The smallest absolute Gasteiger partial charge is 0.269 e. The molecule has 2 aromatic rings. The molecule has 3 amide bonds. The fourth-order valence-electron chi connectivity index (χ4n) is 2.38. The zero-order chi connectivity index (χ0) is 20.7. The van der Waals surface area contributed by atoms with Gasteiger partial charge in [0.15, 0.2) is 0 Å². The van der Waals surface area contributed by atoms with Gasteiger partial charge in [0, 0.05) is 24.1 Å². The first kappa shape index (κ1) is 21.1. The summed E-state index contributed by atoms with van der Waals surface area (Å²) in [6.07, 6.45) is -0.00445. The maximum Gasteiger partial charge on any atom is 0.269 e. The number of amides is 3. The second-order valence-electron chi connectivity index (χ2n) is 7.34. The molecule has 0 aliphatic carbocycles. The summed E-state index contributed by atoms with van der Waals surface area (Å²) >= 11 is 0. The van der Waals surface area contributed by atoms with E-state index in [0.29, 0.717) is 5.56 Å². The van der Waals surface area contributed by atoms with Crippen LogP contribution in [0.1, 0.15) is 53.5 Å². The zero-order valence-corrected chi connectivity index (χ0v) is 16.1. The molecule has 148 valence electrons. The highest BCUT2D eigenvalue weighted by Crippen LogP contribution is 2.22. The number of hydrazine groups is 1. The molecule has 7 heteroatoms. The Morgan fingerprint density at radius 2 is 1.36 bits per heavy atom. The van der Waals surface area contributed by atoms with Gasteiger partial charge in [0.25, 0.3) is 11.8 Å². The Labute approximate surface area is 163 Å². The topological polar surface area (TPSA) is 87.3 Å². The van der Waals surface area contributed by atoms with Crippen molar-refractivity contribution in [3.05, 3.63) is 71.0 Å². The van der Waals surface area contributed by atoms with E-state index in [4.69, 9.17) is 0 Å². The molecule has 2 rings (SSSR count). The highest BCUT2D eigenvalue weighted by molar-refractivity contribution is 5.96. The lowest BCUT2D eigenvalue weighted by atomic mass is 9.87. The fourth-order valence-corrected chi connectivity index (χ4v) is 2.38. The highest BCUT2D eigenvalue weighted by atomic mass is 19.1. The minimum absolute atomic E-state index is 0.00445. The third kappa shape index (κ3) is 6.19. The van der Waals surface area contributed by atoms with Crippen molar-refractivity contribution in [3.63, 3.8) is 0 Å². The number of carbonyl (C=O) groups is 3. The molecule has 6 nitrogen and oxygen atoms in total. The van der Waals surface area contributed by atoms with Crippen molar-refractivity contribution in [2.75, 3.05) is 6.54 Å². The van der Waals surface area contributed by atoms with Crippen molar-refractivity contribution in [2.45, 2.75) is 32.6 Å². The van der Waals surface area contributed by atoms with Gasteiger partial charge in [0.1, 0.15) is 5.82 Å². The van der Waals surface area contributed by atoms with Gasteiger partial charge in [0.2, 0.25) is 5.91 Å². The van der Waals surface area contributed by atoms with E-state index in [1.165, 1.54) is 12.1 Å². The molecule has 0 unspecified atom stereocenters. The fraction of sp³-hybridized carbons (Fsp3) is 0.286. The largest absolute Gasteiger partial charge is 0.352 e. The summed E-state index contributed by atoms with van der Waals surface area (Å²) in [6, 6.07) is 12.2. The summed E-state index contributed by atoms with van der Waals surface area (Å²) in [5.41, 5.74) is 6.34. The molecule has 0 fully saturated rings. The van der Waals surface area contributed by atoms with Gasteiger partial charge in [-0.2, -0.15) is 0 Å². The van der Waals surface area contributed by atoms with Crippen LogP contribution in [0.5, 0.6) is 0 Å². The molecule has 0 aliphatic heterocycles. The first-order chi connectivity index (χ1) is 13.2. The molecule has 0 atom stereocenters. The summed E-state index contributed by atoms with van der Waals surface area (Å²) in [5, 5.41) is 2.66. The second-order valence-corrected chi connectivity index (χ2v) is 7.34. The van der Waals surface area contributed by atoms with E-state index >= 15 is 0 Å². The molecule has 2 aromatic carbocycles. The number of hydrogen-bond donors (Lipinski definition) is 3. The predicted molar refractivity (Wildman–Crippen MR) is 104 cm³/mol. The monoisotopic (exact) mass is 385 g/mol. The van der Waals surface area contributed by atoms with Crippen molar-refractivity contribution in [2.24, 2.45) is 0 Å². The molecule has 0 heterocycles. The van der Waals surface area contributed by atoms with Crippen LogP contribution in [0.2, 0.25) is 0 Å². The first-order valence-electron chi connectivity index (χ1n) is 8.90. The van der Waals surface area contributed by atoms with Crippen LogP contribution < -0.4 is 16.2 Å². The van der Waals surface area contributed by atoms with Crippen LogP contribution >= 0.6 is 0 Å². The molecule has 0 bridgehead atoms. The Balaban J connectivity index is 1.73. The minimum atomic E-state index is -0.559. The maximum absolute atomic E-state index is 12.8. The Kier molecular flexibility index (Phi) is 6.87. The van der Waals surface area contributed by atoms with Crippen LogP contribution in [-0.2, 0) is 10.2 Å². The quantitative estimate of drug-likeness (QED) is 0.692. The van der Waals surface area contributed by atoms with Crippen LogP contribution in [0.3, 0.4) is 0 Å². The van der Waals surface area contributed by atoms with Gasteiger partial charge in [-0.25, -0.2) is 4.39 Å². The maximum atomic E-state index is 12.8.